The molecule has 0 atom stereocenters. The van der Waals surface area contributed by atoms with Gasteiger partial charge in [0.1, 0.15) is 12.2 Å². The predicted octanol–water partition coefficient (Wildman–Crippen LogP) is 1.85. The van der Waals surface area contributed by atoms with Gasteiger partial charge in [-0.3, -0.25) is 14.4 Å². The summed E-state index contributed by atoms with van der Waals surface area (Å²) in [5.41, 5.74) is 1.09. The highest BCUT2D eigenvalue weighted by atomic mass is 32.2. The van der Waals surface area contributed by atoms with Crippen LogP contribution in [0.3, 0.4) is 0 Å². The summed E-state index contributed by atoms with van der Waals surface area (Å²) in [7, 11) is 1.73. The van der Waals surface area contributed by atoms with E-state index in [1.165, 1.54) is 18.7 Å². The number of rotatable bonds is 8. The number of ether oxygens (including phenoxy) is 1. The Morgan fingerprint density at radius 2 is 2.04 bits per heavy atom. The molecule has 1 heterocycles. The molecule has 0 aliphatic heterocycles. The quantitative estimate of drug-likeness (QED) is 0.426. The zero-order chi connectivity index (χ0) is 19.1. The Labute approximate surface area is 155 Å². The number of carbonyl (C=O) groups is 3. The summed E-state index contributed by atoms with van der Waals surface area (Å²) in [6.07, 6.45) is 0.0297. The van der Waals surface area contributed by atoms with Crippen molar-refractivity contribution in [2.45, 2.75) is 25.4 Å². The van der Waals surface area contributed by atoms with Crippen molar-refractivity contribution in [2.75, 3.05) is 17.7 Å². The normalized spacial score (nSPS) is 10.4. The van der Waals surface area contributed by atoms with Gasteiger partial charge in [-0.2, -0.15) is 0 Å². The molecule has 1 aromatic heterocycles. The van der Waals surface area contributed by atoms with Gasteiger partial charge in [0.2, 0.25) is 5.91 Å². The number of hydrogen-bond donors (Lipinski definition) is 1. The Bertz CT molecular complexity index is 819. The van der Waals surface area contributed by atoms with Crippen LogP contribution >= 0.6 is 11.8 Å². The van der Waals surface area contributed by atoms with Crippen LogP contribution in [0.2, 0.25) is 0 Å². The van der Waals surface area contributed by atoms with E-state index in [-0.39, 0.29) is 29.8 Å². The lowest BCUT2D eigenvalue weighted by Crippen LogP contribution is -2.15. The van der Waals surface area contributed by atoms with Crippen LogP contribution in [0, 0.1) is 0 Å². The number of aromatic nitrogens is 3. The molecule has 0 unspecified atom stereocenters. The molecule has 138 valence electrons. The molecule has 0 saturated heterocycles. The van der Waals surface area contributed by atoms with Gasteiger partial charge in [0.25, 0.3) is 0 Å². The number of esters is 1. The third-order valence-electron chi connectivity index (χ3n) is 3.42. The average Bonchev–Trinajstić information content (AvgIpc) is 2.93. The van der Waals surface area contributed by atoms with Gasteiger partial charge in [-0.05, 0) is 26.0 Å². The Morgan fingerprint density at radius 1 is 1.27 bits per heavy atom. The fourth-order valence-corrected chi connectivity index (χ4v) is 2.84. The van der Waals surface area contributed by atoms with E-state index >= 15 is 0 Å². The van der Waals surface area contributed by atoms with Crippen molar-refractivity contribution in [3.05, 3.63) is 35.7 Å². The number of thioether (sulfide) groups is 1. The molecule has 26 heavy (non-hydrogen) atoms. The van der Waals surface area contributed by atoms with E-state index in [4.69, 9.17) is 4.74 Å². The van der Waals surface area contributed by atoms with E-state index in [0.29, 0.717) is 28.8 Å². The SMILES string of the molecule is CCOC(=O)Cc1nnc(SCC(=O)Nc2cccc(C(C)=O)c2)n1C. The molecule has 1 N–H and O–H groups in total. The van der Waals surface area contributed by atoms with Crippen LogP contribution in [-0.4, -0.2) is 44.8 Å². The van der Waals surface area contributed by atoms with Crippen LogP contribution in [0.4, 0.5) is 5.69 Å². The summed E-state index contributed by atoms with van der Waals surface area (Å²) in [4.78, 5) is 35.0. The molecule has 0 spiro atoms. The van der Waals surface area contributed by atoms with E-state index in [1.54, 1.807) is 42.8 Å². The first-order valence-corrected chi connectivity index (χ1v) is 8.96. The second-order valence-electron chi connectivity index (χ2n) is 5.41. The van der Waals surface area contributed by atoms with E-state index in [2.05, 4.69) is 15.5 Å². The molecule has 0 bridgehead atoms. The van der Waals surface area contributed by atoms with Crippen molar-refractivity contribution in [3.8, 4) is 0 Å². The van der Waals surface area contributed by atoms with Crippen LogP contribution in [-0.2, 0) is 27.8 Å². The largest absolute Gasteiger partial charge is 0.466 e. The highest BCUT2D eigenvalue weighted by molar-refractivity contribution is 7.99. The summed E-state index contributed by atoms with van der Waals surface area (Å²) in [5.74, 6) is -0.0760. The Morgan fingerprint density at radius 3 is 2.73 bits per heavy atom. The third kappa shape index (κ3) is 5.41. The minimum absolute atomic E-state index is 0.0297. The standard InChI is InChI=1S/C17H20N4O4S/c1-4-25-16(24)9-14-19-20-17(21(14)3)26-10-15(23)18-13-7-5-6-12(8-13)11(2)22/h5-8H,4,9-10H2,1-3H3,(H,18,23). The lowest BCUT2D eigenvalue weighted by molar-refractivity contribution is -0.142. The molecule has 1 aromatic carbocycles. The molecule has 0 saturated carbocycles. The highest BCUT2D eigenvalue weighted by Gasteiger charge is 2.15. The molecule has 2 rings (SSSR count). The maximum atomic E-state index is 12.1. The second kappa shape index (κ2) is 9.14. The summed E-state index contributed by atoms with van der Waals surface area (Å²) in [5, 5.41) is 11.2. The predicted molar refractivity (Wildman–Crippen MR) is 97.1 cm³/mol. The number of nitrogens with zero attached hydrogens (tertiary/aromatic N) is 3. The average molecular weight is 376 g/mol. The van der Waals surface area contributed by atoms with Gasteiger partial charge in [0.15, 0.2) is 10.9 Å². The first kappa shape index (κ1) is 19.6. The van der Waals surface area contributed by atoms with Crippen LogP contribution in [0.15, 0.2) is 29.4 Å². The van der Waals surface area contributed by atoms with E-state index in [9.17, 15) is 14.4 Å². The number of anilines is 1. The highest BCUT2D eigenvalue weighted by Crippen LogP contribution is 2.17. The van der Waals surface area contributed by atoms with Gasteiger partial charge in [0, 0.05) is 18.3 Å². The summed E-state index contributed by atoms with van der Waals surface area (Å²) in [6.45, 7) is 3.52. The molecule has 9 heteroatoms. The zero-order valence-corrected chi connectivity index (χ0v) is 15.6. The van der Waals surface area contributed by atoms with Gasteiger partial charge in [-0.15, -0.1) is 10.2 Å². The second-order valence-corrected chi connectivity index (χ2v) is 6.36. The first-order valence-electron chi connectivity index (χ1n) is 7.98. The zero-order valence-electron chi connectivity index (χ0n) is 14.8. The maximum Gasteiger partial charge on any atom is 0.313 e. The van der Waals surface area contributed by atoms with Crippen LogP contribution in [0.5, 0.6) is 0 Å². The molecule has 0 fully saturated rings. The monoisotopic (exact) mass is 376 g/mol. The third-order valence-corrected chi connectivity index (χ3v) is 4.44. The fraction of sp³-hybridized carbons (Fsp3) is 0.353. The van der Waals surface area contributed by atoms with Crippen LogP contribution in [0.25, 0.3) is 0 Å². The van der Waals surface area contributed by atoms with E-state index in [0.717, 1.165) is 0 Å². The first-order chi connectivity index (χ1) is 12.4. The minimum atomic E-state index is -0.373. The van der Waals surface area contributed by atoms with Gasteiger partial charge < -0.3 is 14.6 Å². The fourth-order valence-electron chi connectivity index (χ4n) is 2.11. The van der Waals surface area contributed by atoms with Gasteiger partial charge in [-0.1, -0.05) is 23.9 Å². The van der Waals surface area contributed by atoms with Crippen molar-refractivity contribution < 1.29 is 19.1 Å². The summed E-state index contributed by atoms with van der Waals surface area (Å²) < 4.78 is 6.54. The number of hydrogen-bond acceptors (Lipinski definition) is 7. The topological polar surface area (TPSA) is 103 Å². The lowest BCUT2D eigenvalue weighted by atomic mass is 10.1. The van der Waals surface area contributed by atoms with Crippen molar-refractivity contribution in [3.63, 3.8) is 0 Å². The van der Waals surface area contributed by atoms with Crippen molar-refractivity contribution in [1.82, 2.24) is 14.8 Å². The summed E-state index contributed by atoms with van der Waals surface area (Å²) in [6, 6.07) is 6.75. The number of carbonyl (C=O) groups excluding carboxylic acids is 3. The van der Waals surface area contributed by atoms with Crippen LogP contribution in [0.1, 0.15) is 30.0 Å². The molecule has 1 amide bonds. The number of amides is 1. The van der Waals surface area contributed by atoms with Crippen molar-refractivity contribution >= 4 is 35.1 Å². The van der Waals surface area contributed by atoms with Gasteiger partial charge in [0.05, 0.1) is 12.4 Å². The maximum absolute atomic E-state index is 12.1. The number of ketones is 1. The Balaban J connectivity index is 1.91. The lowest BCUT2D eigenvalue weighted by Gasteiger charge is -2.06. The van der Waals surface area contributed by atoms with Gasteiger partial charge in [-0.25, -0.2) is 0 Å². The molecule has 0 aliphatic carbocycles. The number of nitrogens with one attached hydrogen (secondary N) is 1. The molecule has 2 aromatic rings. The molecular weight excluding hydrogens is 356 g/mol. The smallest absolute Gasteiger partial charge is 0.313 e. The molecule has 0 radical (unpaired) electrons. The number of Topliss-reactive ketones (excluding diaryl/α,β-unsaturated/α-hetero) is 1. The molecule has 8 nitrogen and oxygen atoms in total. The molecular formula is C17H20N4O4S. The molecule has 0 aliphatic rings. The van der Waals surface area contributed by atoms with Gasteiger partial charge >= 0.3 is 5.97 Å². The Kier molecular flexibility index (Phi) is 6.90. The van der Waals surface area contributed by atoms with Crippen LogP contribution < -0.4 is 5.32 Å². The summed E-state index contributed by atoms with van der Waals surface area (Å²) >= 11 is 1.20. The minimum Gasteiger partial charge on any atom is -0.466 e. The van der Waals surface area contributed by atoms with Crippen molar-refractivity contribution in [1.29, 1.82) is 0 Å². The van der Waals surface area contributed by atoms with E-state index < -0.39 is 0 Å². The number of benzene rings is 1. The van der Waals surface area contributed by atoms with E-state index in [1.807, 2.05) is 0 Å². The Hall–Kier alpha value is -2.68. The van der Waals surface area contributed by atoms with Crippen molar-refractivity contribution in [2.24, 2.45) is 7.05 Å².